The van der Waals surface area contributed by atoms with Crippen molar-refractivity contribution in [3.63, 3.8) is 0 Å². The van der Waals surface area contributed by atoms with E-state index in [1.54, 1.807) is 25.3 Å². The lowest BCUT2D eigenvalue weighted by molar-refractivity contribution is -0.639. The standard InChI is InChI=1S/C13H10N2O2/c1-17-9-6-7-12-11(8-9)10-4-2-3-5-13(10)15(16)14-12/h2-8H,1H3. The Morgan fingerprint density at radius 3 is 2.76 bits per heavy atom. The zero-order valence-electron chi connectivity index (χ0n) is 9.25. The van der Waals surface area contributed by atoms with E-state index in [4.69, 9.17) is 4.74 Å². The highest BCUT2D eigenvalue weighted by Gasteiger charge is 2.10. The molecule has 0 fully saturated rings. The smallest absolute Gasteiger partial charge is 0.252 e. The molecule has 0 N–H and O–H groups in total. The Morgan fingerprint density at radius 1 is 1.12 bits per heavy atom. The number of aromatic nitrogens is 2. The number of ether oxygens (including phenoxy) is 1. The third-order valence-electron chi connectivity index (χ3n) is 2.80. The summed E-state index contributed by atoms with van der Waals surface area (Å²) in [6, 6.07) is 12.9. The summed E-state index contributed by atoms with van der Waals surface area (Å²) in [4.78, 5) is 0.657. The molecule has 0 amide bonds. The molecule has 2 aromatic carbocycles. The van der Waals surface area contributed by atoms with E-state index in [1.165, 1.54) is 0 Å². The van der Waals surface area contributed by atoms with Crippen LogP contribution in [0.2, 0.25) is 0 Å². The van der Waals surface area contributed by atoms with Crippen LogP contribution in [0.1, 0.15) is 0 Å². The molecule has 0 bridgehead atoms. The molecule has 3 aromatic rings. The molecule has 1 heterocycles. The van der Waals surface area contributed by atoms with Gasteiger partial charge in [-0.25, -0.2) is 0 Å². The van der Waals surface area contributed by atoms with E-state index >= 15 is 0 Å². The lowest BCUT2D eigenvalue weighted by atomic mass is 10.1. The van der Waals surface area contributed by atoms with Gasteiger partial charge in [0.2, 0.25) is 0 Å². The second-order valence-electron chi connectivity index (χ2n) is 3.77. The van der Waals surface area contributed by atoms with Crippen LogP contribution in [0.25, 0.3) is 21.8 Å². The molecule has 0 aliphatic heterocycles. The maximum absolute atomic E-state index is 11.7. The van der Waals surface area contributed by atoms with Crippen LogP contribution in [0, 0.1) is 5.21 Å². The first-order valence-electron chi connectivity index (χ1n) is 5.26. The normalized spacial score (nSPS) is 10.9. The molecule has 1 aromatic heterocycles. The van der Waals surface area contributed by atoms with E-state index in [0.717, 1.165) is 16.5 Å². The van der Waals surface area contributed by atoms with Crippen molar-refractivity contribution in [3.8, 4) is 5.75 Å². The second kappa shape index (κ2) is 3.59. The van der Waals surface area contributed by atoms with Crippen LogP contribution in [0.5, 0.6) is 5.75 Å². The van der Waals surface area contributed by atoms with Gasteiger partial charge in [-0.1, -0.05) is 12.1 Å². The lowest BCUT2D eigenvalue weighted by Crippen LogP contribution is -2.31. The summed E-state index contributed by atoms with van der Waals surface area (Å²) >= 11 is 0. The molecule has 0 unspecified atom stereocenters. The average molecular weight is 226 g/mol. The highest BCUT2D eigenvalue weighted by Crippen LogP contribution is 2.24. The molecule has 0 spiro atoms. The van der Waals surface area contributed by atoms with Crippen molar-refractivity contribution in [3.05, 3.63) is 47.7 Å². The van der Waals surface area contributed by atoms with Crippen LogP contribution in [-0.2, 0) is 0 Å². The van der Waals surface area contributed by atoms with E-state index in [9.17, 15) is 5.21 Å². The second-order valence-corrected chi connectivity index (χ2v) is 3.77. The first-order valence-corrected chi connectivity index (χ1v) is 5.26. The molecule has 0 saturated carbocycles. The first kappa shape index (κ1) is 9.84. The summed E-state index contributed by atoms with van der Waals surface area (Å²) in [6.07, 6.45) is 0. The van der Waals surface area contributed by atoms with Gasteiger partial charge in [-0.2, -0.15) is 0 Å². The average Bonchev–Trinajstić information content (AvgIpc) is 2.39. The van der Waals surface area contributed by atoms with Gasteiger partial charge in [-0.3, -0.25) is 0 Å². The fourth-order valence-corrected chi connectivity index (χ4v) is 1.96. The number of fused-ring (bicyclic) bond motifs is 3. The number of hydrogen-bond acceptors (Lipinski definition) is 3. The lowest BCUT2D eigenvalue weighted by Gasteiger charge is -2.05. The molecule has 0 aliphatic rings. The third kappa shape index (κ3) is 1.45. The van der Waals surface area contributed by atoms with Crippen molar-refractivity contribution in [1.82, 2.24) is 5.10 Å². The van der Waals surface area contributed by atoms with E-state index in [2.05, 4.69) is 5.10 Å². The van der Waals surface area contributed by atoms with Crippen molar-refractivity contribution in [2.24, 2.45) is 0 Å². The van der Waals surface area contributed by atoms with Gasteiger partial charge in [-0.15, -0.1) is 0 Å². The Hall–Kier alpha value is -2.36. The first-order chi connectivity index (χ1) is 8.29. The van der Waals surface area contributed by atoms with Gasteiger partial charge in [0.15, 0.2) is 0 Å². The van der Waals surface area contributed by atoms with Crippen molar-refractivity contribution >= 4 is 21.8 Å². The molecule has 0 saturated heterocycles. The van der Waals surface area contributed by atoms with Crippen molar-refractivity contribution in [2.45, 2.75) is 0 Å². The zero-order valence-corrected chi connectivity index (χ0v) is 9.25. The third-order valence-corrected chi connectivity index (χ3v) is 2.80. The Labute approximate surface area is 97.6 Å². The number of benzene rings is 2. The Balaban J connectivity index is 2.51. The van der Waals surface area contributed by atoms with Gasteiger partial charge < -0.3 is 9.94 Å². The zero-order chi connectivity index (χ0) is 11.8. The fraction of sp³-hybridized carbons (Fsp3) is 0.0769. The van der Waals surface area contributed by atoms with E-state index in [1.807, 2.05) is 24.3 Å². The molecule has 0 atom stereocenters. The predicted octanol–water partition coefficient (Wildman–Crippen LogP) is 2.03. The van der Waals surface area contributed by atoms with Crippen molar-refractivity contribution in [2.75, 3.05) is 7.11 Å². The summed E-state index contributed by atoms with van der Waals surface area (Å²) < 4.78 is 5.19. The molecule has 84 valence electrons. The largest absolute Gasteiger partial charge is 0.594 e. The summed E-state index contributed by atoms with van der Waals surface area (Å²) in [5.41, 5.74) is 1.23. The molecule has 3 rings (SSSR count). The summed E-state index contributed by atoms with van der Waals surface area (Å²) in [5.74, 6) is 0.758. The highest BCUT2D eigenvalue weighted by molar-refractivity contribution is 6.02. The van der Waals surface area contributed by atoms with Gasteiger partial charge in [0, 0.05) is 16.6 Å². The molecular formula is C13H10N2O2. The van der Waals surface area contributed by atoms with Crippen LogP contribution in [-0.4, -0.2) is 12.2 Å². The topological polar surface area (TPSA) is 49.1 Å². The SMILES string of the molecule is COc1ccc2n[n+]([O-])c3ccccc3c2c1. The minimum Gasteiger partial charge on any atom is -0.594 e. The number of rotatable bonds is 1. The summed E-state index contributed by atoms with van der Waals surface area (Å²) in [5, 5.41) is 17.5. The molecule has 0 radical (unpaired) electrons. The van der Waals surface area contributed by atoms with Crippen LogP contribution in [0.3, 0.4) is 0 Å². The quantitative estimate of drug-likeness (QED) is 0.362. The van der Waals surface area contributed by atoms with Gasteiger partial charge in [-0.05, 0) is 29.1 Å². The van der Waals surface area contributed by atoms with Crippen molar-refractivity contribution < 1.29 is 9.58 Å². The van der Waals surface area contributed by atoms with E-state index in [-0.39, 0.29) is 0 Å². The van der Waals surface area contributed by atoms with Crippen LogP contribution >= 0.6 is 0 Å². The molecule has 4 heteroatoms. The van der Waals surface area contributed by atoms with E-state index in [0.29, 0.717) is 15.9 Å². The Bertz CT molecular complexity index is 710. The monoisotopic (exact) mass is 226 g/mol. The summed E-state index contributed by atoms with van der Waals surface area (Å²) in [7, 11) is 1.62. The predicted molar refractivity (Wildman–Crippen MR) is 64.8 cm³/mol. The molecule has 0 aliphatic carbocycles. The molecular weight excluding hydrogens is 216 g/mol. The Kier molecular flexibility index (Phi) is 2.08. The maximum atomic E-state index is 11.7. The maximum Gasteiger partial charge on any atom is 0.252 e. The van der Waals surface area contributed by atoms with Crippen LogP contribution in [0.15, 0.2) is 42.5 Å². The summed E-state index contributed by atoms with van der Waals surface area (Å²) in [6.45, 7) is 0. The van der Waals surface area contributed by atoms with Crippen molar-refractivity contribution in [1.29, 1.82) is 0 Å². The van der Waals surface area contributed by atoms with Gasteiger partial charge in [0.1, 0.15) is 11.3 Å². The number of hydrogen-bond donors (Lipinski definition) is 0. The Morgan fingerprint density at radius 2 is 1.94 bits per heavy atom. The van der Waals surface area contributed by atoms with Gasteiger partial charge in [0.05, 0.1) is 12.5 Å². The minimum absolute atomic E-state index is 0.563. The number of para-hydroxylation sites is 1. The van der Waals surface area contributed by atoms with Crippen LogP contribution < -0.4 is 9.58 Å². The van der Waals surface area contributed by atoms with Gasteiger partial charge >= 0.3 is 0 Å². The minimum atomic E-state index is 0.563. The number of nitrogens with zero attached hydrogens (tertiary/aromatic N) is 2. The molecule has 17 heavy (non-hydrogen) atoms. The van der Waals surface area contributed by atoms with Gasteiger partial charge in [0.25, 0.3) is 5.52 Å². The molecule has 4 nitrogen and oxygen atoms in total. The van der Waals surface area contributed by atoms with Crippen LogP contribution in [0.4, 0.5) is 0 Å². The van der Waals surface area contributed by atoms with E-state index < -0.39 is 0 Å². The highest BCUT2D eigenvalue weighted by atomic mass is 16.5. The number of methoxy groups -OCH3 is 1. The fourth-order valence-electron chi connectivity index (χ4n) is 1.96.